The molecule has 1 aromatic rings. The van der Waals surface area contributed by atoms with Gasteiger partial charge < -0.3 is 9.84 Å². The summed E-state index contributed by atoms with van der Waals surface area (Å²) < 4.78 is 5.89. The third-order valence-corrected chi connectivity index (χ3v) is 5.39. The van der Waals surface area contributed by atoms with Crippen LogP contribution in [-0.2, 0) is 11.2 Å². The number of fused-ring (bicyclic) bond motifs is 1. The second-order valence-corrected chi connectivity index (χ2v) is 7.81. The van der Waals surface area contributed by atoms with Gasteiger partial charge in [-0.15, -0.1) is 0 Å². The molecule has 0 bridgehead atoms. The molecule has 0 amide bonds. The maximum Gasteiger partial charge on any atom is 0.309 e. The first-order valence-corrected chi connectivity index (χ1v) is 9.34. The molecule has 0 saturated carbocycles. The lowest BCUT2D eigenvalue weighted by atomic mass is 9.85. The van der Waals surface area contributed by atoms with Crippen LogP contribution >= 0.6 is 0 Å². The maximum absolute atomic E-state index is 10.9. The number of nitrogens with zero attached hydrogens (tertiary/aromatic N) is 1. The van der Waals surface area contributed by atoms with Crippen molar-refractivity contribution in [1.82, 2.24) is 4.90 Å². The topological polar surface area (TPSA) is 49.8 Å². The number of benzene rings is 1. The molecule has 0 unspecified atom stereocenters. The predicted molar refractivity (Wildman–Crippen MR) is 99.9 cm³/mol. The van der Waals surface area contributed by atoms with Crippen LogP contribution in [0, 0.1) is 11.8 Å². The van der Waals surface area contributed by atoms with Crippen molar-refractivity contribution in [3.05, 3.63) is 34.9 Å². The molecule has 3 rings (SSSR count). The smallest absolute Gasteiger partial charge is 0.309 e. The molecule has 1 fully saturated rings. The van der Waals surface area contributed by atoms with E-state index in [2.05, 4.69) is 43.9 Å². The summed E-state index contributed by atoms with van der Waals surface area (Å²) in [6.07, 6.45) is 3.18. The molecule has 4 heteroatoms. The highest BCUT2D eigenvalue weighted by Crippen LogP contribution is 2.34. The van der Waals surface area contributed by atoms with Gasteiger partial charge in [0.2, 0.25) is 0 Å². The third kappa shape index (κ3) is 4.24. The van der Waals surface area contributed by atoms with E-state index < -0.39 is 5.97 Å². The fourth-order valence-corrected chi connectivity index (χ4v) is 3.63. The summed E-state index contributed by atoms with van der Waals surface area (Å²) in [6, 6.07) is 6.46. The standard InChI is InChI=1S/C21H29NO3/c1-14(2)8-9-25-19-6-7-20-15(3)17(5-4-16(20)10-19)11-22-12-18(13-22)21(23)24/h6-7,10,14,18H,4-5,8-9,11-13H2,1-3H3,(H,23,24). The Bertz CT molecular complexity index is 672. The number of likely N-dealkylation sites (tertiary alicyclic amines) is 1. The van der Waals surface area contributed by atoms with Crippen molar-refractivity contribution in [2.24, 2.45) is 11.8 Å². The molecule has 1 N–H and O–H groups in total. The summed E-state index contributed by atoms with van der Waals surface area (Å²) in [4.78, 5) is 13.2. The Labute approximate surface area is 150 Å². The Kier molecular flexibility index (Phi) is 5.48. The average Bonchev–Trinajstić information content (AvgIpc) is 2.51. The molecule has 1 aliphatic carbocycles. The van der Waals surface area contributed by atoms with Gasteiger partial charge in [-0.2, -0.15) is 0 Å². The van der Waals surface area contributed by atoms with Gasteiger partial charge in [0.15, 0.2) is 0 Å². The molecular weight excluding hydrogens is 314 g/mol. The van der Waals surface area contributed by atoms with Gasteiger partial charge in [0, 0.05) is 19.6 Å². The van der Waals surface area contributed by atoms with Crippen LogP contribution in [-0.4, -0.2) is 42.2 Å². The summed E-state index contributed by atoms with van der Waals surface area (Å²) >= 11 is 0. The normalized spacial score (nSPS) is 18.2. The number of hydrogen-bond donors (Lipinski definition) is 1. The number of carboxylic acids is 1. The van der Waals surface area contributed by atoms with Crippen LogP contribution in [0.2, 0.25) is 0 Å². The lowest BCUT2D eigenvalue weighted by molar-refractivity contribution is -0.147. The van der Waals surface area contributed by atoms with Gasteiger partial charge in [-0.1, -0.05) is 25.5 Å². The van der Waals surface area contributed by atoms with E-state index in [0.717, 1.165) is 38.2 Å². The van der Waals surface area contributed by atoms with E-state index in [9.17, 15) is 4.79 Å². The zero-order valence-corrected chi connectivity index (χ0v) is 15.5. The average molecular weight is 343 g/mol. The van der Waals surface area contributed by atoms with E-state index in [0.29, 0.717) is 19.0 Å². The number of hydrogen-bond acceptors (Lipinski definition) is 3. The van der Waals surface area contributed by atoms with E-state index in [1.165, 1.54) is 22.3 Å². The minimum atomic E-state index is -0.666. The van der Waals surface area contributed by atoms with Crippen molar-refractivity contribution in [2.45, 2.75) is 40.0 Å². The van der Waals surface area contributed by atoms with Crippen LogP contribution in [0.4, 0.5) is 0 Å². The molecule has 136 valence electrons. The van der Waals surface area contributed by atoms with Gasteiger partial charge in [0.05, 0.1) is 12.5 Å². The van der Waals surface area contributed by atoms with Crippen LogP contribution in [0.3, 0.4) is 0 Å². The van der Waals surface area contributed by atoms with Gasteiger partial charge in [-0.25, -0.2) is 0 Å². The van der Waals surface area contributed by atoms with Crippen molar-refractivity contribution in [3.8, 4) is 5.75 Å². The molecule has 2 aliphatic rings. The van der Waals surface area contributed by atoms with Crippen LogP contribution in [0.1, 0.15) is 44.7 Å². The second kappa shape index (κ2) is 7.61. The highest BCUT2D eigenvalue weighted by molar-refractivity contribution is 5.73. The summed E-state index contributed by atoms with van der Waals surface area (Å²) in [7, 11) is 0. The summed E-state index contributed by atoms with van der Waals surface area (Å²) in [6.45, 7) is 9.66. The van der Waals surface area contributed by atoms with Gasteiger partial charge in [0.25, 0.3) is 0 Å². The number of ether oxygens (including phenoxy) is 1. The highest BCUT2D eigenvalue weighted by atomic mass is 16.5. The molecular formula is C21H29NO3. The van der Waals surface area contributed by atoms with Crippen LogP contribution in [0.5, 0.6) is 5.75 Å². The van der Waals surface area contributed by atoms with Crippen LogP contribution in [0.25, 0.3) is 5.57 Å². The minimum Gasteiger partial charge on any atom is -0.494 e. The number of aryl methyl sites for hydroxylation is 1. The summed E-state index contributed by atoms with van der Waals surface area (Å²) in [5.41, 5.74) is 5.50. The zero-order valence-electron chi connectivity index (χ0n) is 15.5. The van der Waals surface area contributed by atoms with Crippen molar-refractivity contribution < 1.29 is 14.6 Å². The van der Waals surface area contributed by atoms with Crippen LogP contribution < -0.4 is 4.74 Å². The number of carbonyl (C=O) groups is 1. The first-order valence-electron chi connectivity index (χ1n) is 9.34. The summed E-state index contributed by atoms with van der Waals surface area (Å²) in [5.74, 6) is 0.790. The third-order valence-electron chi connectivity index (χ3n) is 5.39. The van der Waals surface area contributed by atoms with Crippen molar-refractivity contribution in [2.75, 3.05) is 26.2 Å². The first-order chi connectivity index (χ1) is 11.9. The van der Waals surface area contributed by atoms with E-state index in [1.54, 1.807) is 0 Å². The molecule has 1 aromatic carbocycles. The number of aliphatic carboxylic acids is 1. The Morgan fingerprint density at radius 2 is 2.08 bits per heavy atom. The van der Waals surface area contributed by atoms with Crippen LogP contribution in [0.15, 0.2) is 23.8 Å². The van der Waals surface area contributed by atoms with Gasteiger partial charge in [0.1, 0.15) is 5.75 Å². The molecule has 0 spiro atoms. The molecule has 1 saturated heterocycles. The van der Waals surface area contributed by atoms with Gasteiger partial charge in [-0.3, -0.25) is 9.69 Å². The van der Waals surface area contributed by atoms with Crippen molar-refractivity contribution >= 4 is 11.5 Å². The number of allylic oxidation sites excluding steroid dienone is 1. The number of rotatable bonds is 7. The van der Waals surface area contributed by atoms with Crippen molar-refractivity contribution in [1.29, 1.82) is 0 Å². The van der Waals surface area contributed by atoms with Gasteiger partial charge in [-0.05, 0) is 60.9 Å². The molecule has 0 atom stereocenters. The summed E-state index contributed by atoms with van der Waals surface area (Å²) in [5, 5.41) is 9.01. The fraction of sp³-hybridized carbons (Fsp3) is 0.571. The lowest BCUT2D eigenvalue weighted by Gasteiger charge is -2.38. The molecule has 25 heavy (non-hydrogen) atoms. The fourth-order valence-electron chi connectivity index (χ4n) is 3.63. The molecule has 1 aliphatic heterocycles. The zero-order chi connectivity index (χ0) is 18.0. The second-order valence-electron chi connectivity index (χ2n) is 7.81. The predicted octanol–water partition coefficient (Wildman–Crippen LogP) is 3.85. The minimum absolute atomic E-state index is 0.178. The van der Waals surface area contributed by atoms with E-state index in [-0.39, 0.29) is 5.92 Å². The Morgan fingerprint density at radius 1 is 1.32 bits per heavy atom. The van der Waals surface area contributed by atoms with E-state index in [4.69, 9.17) is 9.84 Å². The largest absolute Gasteiger partial charge is 0.494 e. The Morgan fingerprint density at radius 3 is 2.76 bits per heavy atom. The molecule has 4 nitrogen and oxygen atoms in total. The van der Waals surface area contributed by atoms with Gasteiger partial charge >= 0.3 is 5.97 Å². The molecule has 1 heterocycles. The lowest BCUT2D eigenvalue weighted by Crippen LogP contribution is -2.50. The highest BCUT2D eigenvalue weighted by Gasteiger charge is 2.33. The van der Waals surface area contributed by atoms with E-state index >= 15 is 0 Å². The first kappa shape index (κ1) is 18.0. The number of carboxylic acid groups (broad SMARTS) is 1. The SMILES string of the molecule is CC1=C(CN2CC(C(=O)O)C2)CCc2cc(OCCC(C)C)ccc21. The molecule has 0 radical (unpaired) electrons. The Hall–Kier alpha value is -1.81. The molecule has 0 aromatic heterocycles. The van der Waals surface area contributed by atoms with Crippen molar-refractivity contribution in [3.63, 3.8) is 0 Å². The Balaban J connectivity index is 1.63. The maximum atomic E-state index is 10.9. The van der Waals surface area contributed by atoms with E-state index in [1.807, 2.05) is 0 Å². The monoisotopic (exact) mass is 343 g/mol. The quantitative estimate of drug-likeness (QED) is 0.817.